The fraction of sp³-hybridized carbons (Fsp3) is 0.429. The number of aromatic amines is 1. The zero-order valence-electron chi connectivity index (χ0n) is 16.6. The fourth-order valence-corrected chi connectivity index (χ4v) is 3.04. The molecule has 0 saturated carbocycles. The van der Waals surface area contributed by atoms with Crippen molar-refractivity contribution in [2.24, 2.45) is 16.6 Å². The fourth-order valence-electron chi connectivity index (χ4n) is 3.04. The Hall–Kier alpha value is -2.64. The summed E-state index contributed by atoms with van der Waals surface area (Å²) in [5, 5.41) is 4.44. The van der Waals surface area contributed by atoms with Crippen LogP contribution in [0.5, 0.6) is 0 Å². The summed E-state index contributed by atoms with van der Waals surface area (Å²) in [6.45, 7) is 10.5. The molecule has 150 valence electrons. The molecule has 2 atom stereocenters. The molecule has 1 aliphatic heterocycles. The molecule has 1 fully saturated rings. The molecule has 2 aromatic heterocycles. The first-order chi connectivity index (χ1) is 13.6. The van der Waals surface area contributed by atoms with E-state index in [4.69, 9.17) is 15.2 Å². The number of amidine groups is 1. The van der Waals surface area contributed by atoms with Gasteiger partial charge < -0.3 is 25.5 Å². The molecule has 0 aliphatic carbocycles. The number of nitrogens with two attached hydrogens (primary N) is 1. The van der Waals surface area contributed by atoms with Gasteiger partial charge in [-0.05, 0) is 18.6 Å². The van der Waals surface area contributed by atoms with Crippen LogP contribution in [0.1, 0.15) is 25.8 Å². The Bertz CT molecular complexity index is 865. The molecule has 2 unspecified atom stereocenters. The summed E-state index contributed by atoms with van der Waals surface area (Å²) in [5.74, 6) is 0.814. The monoisotopic (exact) mass is 383 g/mol. The Kier molecular flexibility index (Phi) is 6.84. The van der Waals surface area contributed by atoms with Crippen LogP contribution in [-0.2, 0) is 9.47 Å². The molecule has 0 spiro atoms. The number of anilines is 1. The number of aliphatic imine (C=N–C) groups is 1. The molecule has 0 aromatic carbocycles. The highest BCUT2D eigenvalue weighted by Gasteiger charge is 2.17. The summed E-state index contributed by atoms with van der Waals surface area (Å²) in [6.07, 6.45) is 8.23. The van der Waals surface area contributed by atoms with Gasteiger partial charge in [0.15, 0.2) is 0 Å². The molecule has 0 radical (unpaired) electrons. The molecule has 4 N–H and O–H groups in total. The third-order valence-corrected chi connectivity index (χ3v) is 4.90. The second-order valence-electron chi connectivity index (χ2n) is 6.87. The standard InChI is InChI=1S/C21H29N5O2/c1-4-6-17(26-20(22)14(3)5-2)16-12-25-21-19(16)18(7-8-23-21)24-11-15-13-27-9-10-28-15/h4,6-8,12,14-15H,1,5,9-11,13H2,2-3H3,(H2,22,26)(H2,23,24,25)/b17-6-. The highest BCUT2D eigenvalue weighted by atomic mass is 16.6. The van der Waals surface area contributed by atoms with Crippen LogP contribution in [0.25, 0.3) is 16.7 Å². The molecule has 1 saturated heterocycles. The predicted octanol–water partition coefficient (Wildman–Crippen LogP) is 3.32. The summed E-state index contributed by atoms with van der Waals surface area (Å²) >= 11 is 0. The maximum atomic E-state index is 6.21. The van der Waals surface area contributed by atoms with E-state index < -0.39 is 0 Å². The topological polar surface area (TPSA) is 97.6 Å². The van der Waals surface area contributed by atoms with Crippen LogP contribution in [0.4, 0.5) is 5.69 Å². The molecular formula is C21H29N5O2. The van der Waals surface area contributed by atoms with Crippen LogP contribution < -0.4 is 11.1 Å². The van der Waals surface area contributed by atoms with Gasteiger partial charge in [-0.1, -0.05) is 26.5 Å². The predicted molar refractivity (Wildman–Crippen MR) is 114 cm³/mol. The van der Waals surface area contributed by atoms with E-state index in [1.807, 2.05) is 18.3 Å². The van der Waals surface area contributed by atoms with Crippen molar-refractivity contribution in [2.45, 2.75) is 26.4 Å². The van der Waals surface area contributed by atoms with E-state index in [-0.39, 0.29) is 12.0 Å². The minimum Gasteiger partial charge on any atom is -0.387 e. The number of hydrogen-bond donors (Lipinski definition) is 3. The minimum absolute atomic E-state index is 0.0293. The molecule has 2 aromatic rings. The number of nitrogens with one attached hydrogen (secondary N) is 2. The van der Waals surface area contributed by atoms with Crippen molar-refractivity contribution in [3.8, 4) is 0 Å². The van der Waals surface area contributed by atoms with Gasteiger partial charge in [-0.2, -0.15) is 0 Å². The van der Waals surface area contributed by atoms with Crippen LogP contribution in [0.15, 0.2) is 42.2 Å². The van der Waals surface area contributed by atoms with E-state index in [9.17, 15) is 0 Å². The van der Waals surface area contributed by atoms with Crippen molar-refractivity contribution < 1.29 is 9.47 Å². The van der Waals surface area contributed by atoms with Crippen molar-refractivity contribution in [1.29, 1.82) is 0 Å². The summed E-state index contributed by atoms with van der Waals surface area (Å²) in [5.41, 5.74) is 9.64. The van der Waals surface area contributed by atoms with Gasteiger partial charge >= 0.3 is 0 Å². The number of hydrogen-bond acceptors (Lipinski definition) is 5. The average Bonchev–Trinajstić information content (AvgIpc) is 3.16. The van der Waals surface area contributed by atoms with Crippen LogP contribution >= 0.6 is 0 Å². The second kappa shape index (κ2) is 9.52. The number of rotatable bonds is 8. The molecular weight excluding hydrogens is 354 g/mol. The van der Waals surface area contributed by atoms with Crippen molar-refractivity contribution in [1.82, 2.24) is 9.97 Å². The highest BCUT2D eigenvalue weighted by Crippen LogP contribution is 2.31. The number of pyridine rings is 1. The molecule has 3 heterocycles. The largest absolute Gasteiger partial charge is 0.387 e. The molecule has 3 rings (SSSR count). The number of fused-ring (bicyclic) bond motifs is 1. The van der Waals surface area contributed by atoms with Crippen molar-refractivity contribution in [3.63, 3.8) is 0 Å². The van der Waals surface area contributed by atoms with Crippen molar-refractivity contribution >= 4 is 28.3 Å². The van der Waals surface area contributed by atoms with Gasteiger partial charge in [0, 0.05) is 36.1 Å². The molecule has 0 amide bonds. The quantitative estimate of drug-likeness (QED) is 0.369. The SMILES string of the molecule is C=C/C=C(\N=C(N)C(C)CC)c1c[nH]c2nccc(NCC3COCCO3)c12. The van der Waals surface area contributed by atoms with E-state index in [0.29, 0.717) is 32.2 Å². The summed E-state index contributed by atoms with van der Waals surface area (Å²) in [4.78, 5) is 12.4. The Balaban J connectivity index is 1.93. The number of allylic oxidation sites excluding steroid dienone is 2. The van der Waals surface area contributed by atoms with Gasteiger partial charge in [-0.15, -0.1) is 0 Å². The Morgan fingerprint density at radius 3 is 3.11 bits per heavy atom. The number of aromatic nitrogens is 2. The van der Waals surface area contributed by atoms with Gasteiger partial charge in [0.05, 0.1) is 37.0 Å². The zero-order valence-corrected chi connectivity index (χ0v) is 16.6. The summed E-state index contributed by atoms with van der Waals surface area (Å²) < 4.78 is 11.2. The van der Waals surface area contributed by atoms with Gasteiger partial charge in [0.25, 0.3) is 0 Å². The zero-order chi connectivity index (χ0) is 19.9. The van der Waals surface area contributed by atoms with Gasteiger partial charge in [-0.3, -0.25) is 0 Å². The van der Waals surface area contributed by atoms with E-state index in [2.05, 4.69) is 40.7 Å². The van der Waals surface area contributed by atoms with Gasteiger partial charge in [0.2, 0.25) is 0 Å². The second-order valence-corrected chi connectivity index (χ2v) is 6.87. The first kappa shape index (κ1) is 20.1. The van der Waals surface area contributed by atoms with E-state index >= 15 is 0 Å². The molecule has 7 heteroatoms. The summed E-state index contributed by atoms with van der Waals surface area (Å²) in [6, 6.07) is 1.95. The third-order valence-electron chi connectivity index (χ3n) is 4.90. The van der Waals surface area contributed by atoms with E-state index in [0.717, 1.165) is 34.4 Å². The van der Waals surface area contributed by atoms with Gasteiger partial charge in [0.1, 0.15) is 11.5 Å². The smallest absolute Gasteiger partial charge is 0.140 e. The molecule has 1 aliphatic rings. The minimum atomic E-state index is 0.0293. The molecule has 7 nitrogen and oxygen atoms in total. The van der Waals surface area contributed by atoms with Crippen LogP contribution in [0.3, 0.4) is 0 Å². The lowest BCUT2D eigenvalue weighted by Gasteiger charge is -2.23. The lowest BCUT2D eigenvalue weighted by atomic mass is 10.1. The first-order valence-corrected chi connectivity index (χ1v) is 9.70. The molecule has 0 bridgehead atoms. The normalized spacial score (nSPS) is 19.6. The number of H-pyrrole nitrogens is 1. The van der Waals surface area contributed by atoms with Crippen molar-refractivity contribution in [2.75, 3.05) is 31.7 Å². The van der Waals surface area contributed by atoms with E-state index in [1.54, 1.807) is 12.3 Å². The lowest BCUT2D eigenvalue weighted by Crippen LogP contribution is -2.34. The lowest BCUT2D eigenvalue weighted by molar-refractivity contribution is -0.0818. The third kappa shape index (κ3) is 4.61. The maximum Gasteiger partial charge on any atom is 0.140 e. The highest BCUT2D eigenvalue weighted by molar-refractivity contribution is 6.01. The number of nitrogens with zero attached hydrogens (tertiary/aromatic N) is 2. The Morgan fingerprint density at radius 1 is 1.54 bits per heavy atom. The van der Waals surface area contributed by atoms with Crippen molar-refractivity contribution in [3.05, 3.63) is 42.8 Å². The average molecular weight is 383 g/mol. The Morgan fingerprint density at radius 2 is 2.39 bits per heavy atom. The maximum absolute atomic E-state index is 6.21. The summed E-state index contributed by atoms with van der Waals surface area (Å²) in [7, 11) is 0. The first-order valence-electron chi connectivity index (χ1n) is 9.70. The molecule has 28 heavy (non-hydrogen) atoms. The van der Waals surface area contributed by atoms with Crippen LogP contribution in [-0.4, -0.2) is 48.3 Å². The Labute approximate surface area is 165 Å². The van der Waals surface area contributed by atoms with Crippen LogP contribution in [0, 0.1) is 5.92 Å². The van der Waals surface area contributed by atoms with Gasteiger partial charge in [-0.25, -0.2) is 9.98 Å². The number of ether oxygens (including phenoxy) is 2. The van der Waals surface area contributed by atoms with E-state index in [1.165, 1.54) is 0 Å². The van der Waals surface area contributed by atoms with Crippen LogP contribution in [0.2, 0.25) is 0 Å².